The summed E-state index contributed by atoms with van der Waals surface area (Å²) in [4.78, 5) is 0. The van der Waals surface area contributed by atoms with Crippen molar-refractivity contribution in [3.05, 3.63) is 29.8 Å². The summed E-state index contributed by atoms with van der Waals surface area (Å²) in [6.07, 6.45) is -0.894. The van der Waals surface area contributed by atoms with E-state index in [0.29, 0.717) is 11.3 Å². The second-order valence-corrected chi connectivity index (χ2v) is 6.66. The fourth-order valence-electron chi connectivity index (χ4n) is 1.66. The number of hydrogen-bond donors (Lipinski definition) is 2. The third-order valence-electron chi connectivity index (χ3n) is 2.73. The van der Waals surface area contributed by atoms with Crippen LogP contribution < -0.4 is 9.46 Å². The Bertz CT molecular complexity index is 514. The first kappa shape index (κ1) is 16.9. The second-order valence-electron chi connectivity index (χ2n) is 4.85. The topological polar surface area (TPSA) is 78.9 Å². The number of ether oxygens (including phenoxy) is 1. The summed E-state index contributed by atoms with van der Waals surface area (Å²) in [6, 6.07) is 6.67. The van der Waals surface area contributed by atoms with Gasteiger partial charge in [0.25, 0.3) is 10.2 Å². The maximum atomic E-state index is 11.9. The highest BCUT2D eigenvalue weighted by Gasteiger charge is 2.22. The number of aliphatic hydroxyl groups excluding tert-OH is 1. The molecule has 0 bridgehead atoms. The number of hydrogen-bond acceptors (Lipinski definition) is 4. The van der Waals surface area contributed by atoms with Crippen LogP contribution >= 0.6 is 0 Å². The maximum Gasteiger partial charge on any atom is 0.279 e. The highest BCUT2D eigenvalue weighted by Crippen LogP contribution is 2.18. The van der Waals surface area contributed by atoms with Gasteiger partial charge >= 0.3 is 0 Å². The van der Waals surface area contributed by atoms with Crippen molar-refractivity contribution in [1.29, 1.82) is 0 Å². The van der Waals surface area contributed by atoms with Crippen LogP contribution in [0.25, 0.3) is 0 Å². The normalized spacial score (nSPS) is 13.8. The van der Waals surface area contributed by atoms with E-state index in [2.05, 4.69) is 4.72 Å². The van der Waals surface area contributed by atoms with Crippen molar-refractivity contribution in [3.63, 3.8) is 0 Å². The summed E-state index contributed by atoms with van der Waals surface area (Å²) in [6.45, 7) is 3.46. The molecule has 0 heterocycles. The van der Waals surface area contributed by atoms with Gasteiger partial charge in [-0.05, 0) is 31.5 Å². The molecule has 1 atom stereocenters. The smallest absolute Gasteiger partial charge is 0.279 e. The summed E-state index contributed by atoms with van der Waals surface area (Å²) in [5, 5.41) is 10.1. The molecule has 1 aromatic carbocycles. The predicted octanol–water partition coefficient (Wildman–Crippen LogP) is 0.903. The van der Waals surface area contributed by atoms with Crippen LogP contribution in [0.2, 0.25) is 0 Å². The van der Waals surface area contributed by atoms with Crippen molar-refractivity contribution >= 4 is 10.2 Å². The summed E-state index contributed by atoms with van der Waals surface area (Å²) in [7, 11) is -0.590. The van der Waals surface area contributed by atoms with Gasteiger partial charge in [0, 0.05) is 19.6 Å². The summed E-state index contributed by atoms with van der Waals surface area (Å²) < 4.78 is 32.4. The van der Waals surface area contributed by atoms with E-state index < -0.39 is 16.3 Å². The van der Waals surface area contributed by atoms with Gasteiger partial charge in [-0.25, -0.2) is 0 Å². The number of rotatable bonds is 7. The van der Waals surface area contributed by atoms with Crippen LogP contribution in [0.15, 0.2) is 24.3 Å². The maximum absolute atomic E-state index is 11.9. The second kappa shape index (κ2) is 7.03. The van der Waals surface area contributed by atoms with E-state index in [9.17, 15) is 13.5 Å². The first-order valence-corrected chi connectivity index (χ1v) is 7.76. The van der Waals surface area contributed by atoms with Crippen LogP contribution in [0.1, 0.15) is 25.5 Å². The standard InChI is InChI=1S/C13H22N2O4S/c1-10(2)14-20(17,18)15(3)9-13(16)11-5-7-12(19-4)8-6-11/h5-8,10,13-14,16H,9H2,1-4H3. The fourth-order valence-corrected chi connectivity index (χ4v) is 2.77. The lowest BCUT2D eigenvalue weighted by atomic mass is 10.1. The molecule has 1 unspecified atom stereocenters. The van der Waals surface area contributed by atoms with Crippen LogP contribution in [0.4, 0.5) is 0 Å². The molecule has 1 aromatic rings. The highest BCUT2D eigenvalue weighted by molar-refractivity contribution is 7.87. The van der Waals surface area contributed by atoms with Crippen molar-refractivity contribution in [3.8, 4) is 5.75 Å². The van der Waals surface area contributed by atoms with E-state index in [1.54, 1.807) is 45.2 Å². The molecule has 0 aliphatic rings. The van der Waals surface area contributed by atoms with Gasteiger partial charge in [-0.2, -0.15) is 17.4 Å². The number of benzene rings is 1. The van der Waals surface area contributed by atoms with Crippen LogP contribution in [0.5, 0.6) is 5.75 Å². The number of likely N-dealkylation sites (N-methyl/N-ethyl adjacent to an activating group) is 1. The first-order valence-electron chi connectivity index (χ1n) is 6.32. The van der Waals surface area contributed by atoms with E-state index >= 15 is 0 Å². The molecule has 0 aromatic heterocycles. The van der Waals surface area contributed by atoms with Crippen molar-refractivity contribution in [2.24, 2.45) is 0 Å². The number of nitrogens with one attached hydrogen (secondary N) is 1. The molecule has 6 nitrogen and oxygen atoms in total. The average molecular weight is 302 g/mol. The van der Waals surface area contributed by atoms with Crippen LogP contribution in [0, 0.1) is 0 Å². The monoisotopic (exact) mass is 302 g/mol. The molecule has 2 N–H and O–H groups in total. The molecule has 0 saturated carbocycles. The van der Waals surface area contributed by atoms with Crippen molar-refractivity contribution in [2.75, 3.05) is 20.7 Å². The molecular formula is C13H22N2O4S. The largest absolute Gasteiger partial charge is 0.497 e. The van der Waals surface area contributed by atoms with E-state index in [1.165, 1.54) is 7.05 Å². The van der Waals surface area contributed by atoms with Gasteiger partial charge in [0.1, 0.15) is 5.75 Å². The molecule has 0 aliphatic heterocycles. The minimum atomic E-state index is -3.58. The lowest BCUT2D eigenvalue weighted by Gasteiger charge is -2.22. The summed E-state index contributed by atoms with van der Waals surface area (Å²) >= 11 is 0. The quantitative estimate of drug-likeness (QED) is 0.784. The van der Waals surface area contributed by atoms with E-state index in [1.807, 2.05) is 0 Å². The number of aliphatic hydroxyl groups is 1. The Labute approximate surface area is 120 Å². The Morgan fingerprint density at radius 1 is 1.30 bits per heavy atom. The van der Waals surface area contributed by atoms with Crippen molar-refractivity contribution < 1.29 is 18.3 Å². The van der Waals surface area contributed by atoms with Crippen molar-refractivity contribution in [2.45, 2.75) is 26.0 Å². The molecule has 7 heteroatoms. The van der Waals surface area contributed by atoms with E-state index in [0.717, 1.165) is 4.31 Å². The number of nitrogens with zero attached hydrogens (tertiary/aromatic N) is 1. The molecule has 0 saturated heterocycles. The highest BCUT2D eigenvalue weighted by atomic mass is 32.2. The molecule has 0 aliphatic carbocycles. The van der Waals surface area contributed by atoms with Gasteiger partial charge in [-0.3, -0.25) is 0 Å². The van der Waals surface area contributed by atoms with Crippen LogP contribution in [-0.4, -0.2) is 44.6 Å². The Morgan fingerprint density at radius 2 is 1.85 bits per heavy atom. The average Bonchev–Trinajstić information content (AvgIpc) is 2.37. The molecule has 0 amide bonds. The zero-order chi connectivity index (χ0) is 15.3. The van der Waals surface area contributed by atoms with Crippen LogP contribution in [0.3, 0.4) is 0 Å². The predicted molar refractivity (Wildman–Crippen MR) is 77.8 cm³/mol. The molecule has 1 rings (SSSR count). The first-order chi connectivity index (χ1) is 9.26. The Hall–Kier alpha value is -1.15. The Morgan fingerprint density at radius 3 is 2.30 bits per heavy atom. The molecular weight excluding hydrogens is 280 g/mol. The van der Waals surface area contributed by atoms with Gasteiger partial charge in [0.2, 0.25) is 0 Å². The third kappa shape index (κ3) is 4.75. The number of methoxy groups -OCH3 is 1. The SMILES string of the molecule is COc1ccc(C(O)CN(C)S(=O)(=O)NC(C)C)cc1. The molecule has 114 valence electrons. The van der Waals surface area contributed by atoms with Gasteiger partial charge in [0.15, 0.2) is 0 Å². The van der Waals surface area contributed by atoms with Gasteiger partial charge in [0.05, 0.1) is 13.2 Å². The van der Waals surface area contributed by atoms with Crippen molar-refractivity contribution in [1.82, 2.24) is 9.03 Å². The van der Waals surface area contributed by atoms with Gasteiger partial charge in [-0.15, -0.1) is 0 Å². The lowest BCUT2D eigenvalue weighted by Crippen LogP contribution is -2.43. The Kier molecular flexibility index (Phi) is 5.94. The molecule has 0 spiro atoms. The van der Waals surface area contributed by atoms with Gasteiger partial charge in [-0.1, -0.05) is 12.1 Å². The third-order valence-corrected chi connectivity index (χ3v) is 4.46. The fraction of sp³-hybridized carbons (Fsp3) is 0.538. The molecule has 20 heavy (non-hydrogen) atoms. The minimum absolute atomic E-state index is 0.0195. The summed E-state index contributed by atoms with van der Waals surface area (Å²) in [5.41, 5.74) is 0.636. The Balaban J connectivity index is 2.71. The molecule has 0 radical (unpaired) electrons. The minimum Gasteiger partial charge on any atom is -0.497 e. The molecule has 0 fully saturated rings. The zero-order valence-electron chi connectivity index (χ0n) is 12.2. The van der Waals surface area contributed by atoms with Gasteiger partial charge < -0.3 is 9.84 Å². The van der Waals surface area contributed by atoms with Crippen LogP contribution in [-0.2, 0) is 10.2 Å². The lowest BCUT2D eigenvalue weighted by molar-refractivity contribution is 0.154. The summed E-state index contributed by atoms with van der Waals surface area (Å²) in [5.74, 6) is 0.684. The van der Waals surface area contributed by atoms with E-state index in [-0.39, 0.29) is 12.6 Å². The zero-order valence-corrected chi connectivity index (χ0v) is 13.0. The van der Waals surface area contributed by atoms with E-state index in [4.69, 9.17) is 4.74 Å².